The van der Waals surface area contributed by atoms with Crippen molar-refractivity contribution in [3.05, 3.63) is 0 Å². The predicted octanol–water partition coefficient (Wildman–Crippen LogP) is 0.160. The van der Waals surface area contributed by atoms with Crippen LogP contribution in [0.2, 0.25) is 0 Å². The summed E-state index contributed by atoms with van der Waals surface area (Å²) in [4.78, 5) is 16.3. The Morgan fingerprint density at radius 3 is 2.44 bits per heavy atom. The van der Waals surface area contributed by atoms with E-state index in [1.165, 1.54) is 0 Å². The molecule has 6 nitrogen and oxygen atoms in total. The summed E-state index contributed by atoms with van der Waals surface area (Å²) in [5.41, 5.74) is 0.831. The Hall–Kier alpha value is -1.14. The Kier molecular flexibility index (Phi) is 4.54. The summed E-state index contributed by atoms with van der Waals surface area (Å²) in [7, 11) is 0. The van der Waals surface area contributed by atoms with Gasteiger partial charge in [-0.1, -0.05) is 5.16 Å². The third kappa shape index (κ3) is 3.00. The monoisotopic (exact) mass is 255 g/mol. The van der Waals surface area contributed by atoms with Crippen LogP contribution >= 0.6 is 0 Å². The van der Waals surface area contributed by atoms with Gasteiger partial charge in [0.15, 0.2) is 0 Å². The van der Waals surface area contributed by atoms with Crippen molar-refractivity contribution in [2.75, 3.05) is 39.4 Å². The van der Waals surface area contributed by atoms with Gasteiger partial charge in [0.05, 0.1) is 25.0 Å². The average Bonchev–Trinajstić information content (AvgIpc) is 2.47. The van der Waals surface area contributed by atoms with Crippen molar-refractivity contribution >= 4 is 11.6 Å². The Bertz CT molecular complexity index is 317. The molecule has 6 heteroatoms. The first-order chi connectivity index (χ1) is 8.72. The zero-order valence-corrected chi connectivity index (χ0v) is 10.8. The third-order valence-corrected chi connectivity index (χ3v) is 3.74. The lowest BCUT2D eigenvalue weighted by Crippen LogP contribution is -2.52. The van der Waals surface area contributed by atoms with E-state index in [1.54, 1.807) is 0 Å². The molecule has 0 saturated carbocycles. The zero-order valence-electron chi connectivity index (χ0n) is 10.8. The molecule has 0 radical (unpaired) electrons. The molecule has 0 aliphatic carbocycles. The second-order valence-electron chi connectivity index (χ2n) is 4.82. The van der Waals surface area contributed by atoms with E-state index in [0.717, 1.165) is 31.6 Å². The van der Waals surface area contributed by atoms with Crippen molar-refractivity contribution < 1.29 is 14.7 Å². The van der Waals surface area contributed by atoms with E-state index in [4.69, 9.17) is 9.94 Å². The smallest absolute Gasteiger partial charge is 0.239 e. The van der Waals surface area contributed by atoms with Gasteiger partial charge in [0.25, 0.3) is 0 Å². The van der Waals surface area contributed by atoms with Gasteiger partial charge in [-0.3, -0.25) is 9.69 Å². The van der Waals surface area contributed by atoms with Crippen LogP contribution in [0.25, 0.3) is 0 Å². The molecular weight excluding hydrogens is 234 g/mol. The number of rotatable bonds is 2. The molecule has 1 unspecified atom stereocenters. The van der Waals surface area contributed by atoms with Crippen LogP contribution in [-0.4, -0.2) is 72.1 Å². The Morgan fingerprint density at radius 1 is 1.28 bits per heavy atom. The van der Waals surface area contributed by atoms with E-state index in [2.05, 4.69) is 10.1 Å². The molecule has 18 heavy (non-hydrogen) atoms. The van der Waals surface area contributed by atoms with Crippen molar-refractivity contribution in [2.45, 2.75) is 25.8 Å². The number of morpholine rings is 1. The normalized spacial score (nSPS) is 23.8. The van der Waals surface area contributed by atoms with E-state index in [-0.39, 0.29) is 11.9 Å². The van der Waals surface area contributed by atoms with E-state index in [0.29, 0.717) is 26.3 Å². The molecule has 102 valence electrons. The average molecular weight is 255 g/mol. The lowest BCUT2D eigenvalue weighted by atomic mass is 10.1. The first-order valence-electron chi connectivity index (χ1n) is 6.52. The minimum atomic E-state index is -0.0941. The van der Waals surface area contributed by atoms with E-state index in [1.807, 2.05) is 11.8 Å². The molecule has 0 aromatic carbocycles. The maximum absolute atomic E-state index is 12.3. The Morgan fingerprint density at radius 2 is 1.89 bits per heavy atom. The maximum Gasteiger partial charge on any atom is 0.239 e. The second kappa shape index (κ2) is 6.15. The largest absolute Gasteiger partial charge is 0.411 e. The number of oxime groups is 1. The molecule has 2 aliphatic rings. The predicted molar refractivity (Wildman–Crippen MR) is 66.9 cm³/mol. The van der Waals surface area contributed by atoms with Gasteiger partial charge < -0.3 is 14.8 Å². The number of nitrogens with zero attached hydrogens (tertiary/aromatic N) is 3. The van der Waals surface area contributed by atoms with Crippen molar-refractivity contribution in [3.63, 3.8) is 0 Å². The summed E-state index contributed by atoms with van der Waals surface area (Å²) in [6.07, 6.45) is 1.49. The van der Waals surface area contributed by atoms with E-state index in [9.17, 15) is 4.79 Å². The first kappa shape index (κ1) is 13.3. The Balaban J connectivity index is 1.86. The van der Waals surface area contributed by atoms with Crippen molar-refractivity contribution in [1.29, 1.82) is 0 Å². The highest BCUT2D eigenvalue weighted by molar-refractivity contribution is 5.86. The molecule has 0 aromatic rings. The number of piperidine rings is 1. The van der Waals surface area contributed by atoms with Gasteiger partial charge in [-0.2, -0.15) is 0 Å². The molecule has 2 heterocycles. The van der Waals surface area contributed by atoms with Crippen LogP contribution in [-0.2, 0) is 9.53 Å². The standard InChI is InChI=1S/C12H21N3O3/c1-10(12(16)15-6-8-18-9-7-15)14-4-2-11(13-17)3-5-14/h10,17H,2-9H2,1H3. The van der Waals surface area contributed by atoms with Gasteiger partial charge in [-0.05, 0) is 6.92 Å². The molecule has 1 N–H and O–H groups in total. The van der Waals surface area contributed by atoms with Gasteiger partial charge >= 0.3 is 0 Å². The van der Waals surface area contributed by atoms with Crippen molar-refractivity contribution in [1.82, 2.24) is 9.80 Å². The number of carbonyl (C=O) groups is 1. The van der Waals surface area contributed by atoms with Crippen LogP contribution in [0.15, 0.2) is 5.16 Å². The fourth-order valence-corrected chi connectivity index (χ4v) is 2.47. The number of carbonyl (C=O) groups excluding carboxylic acids is 1. The molecule has 2 aliphatic heterocycles. The molecule has 0 bridgehead atoms. The number of hydrogen-bond acceptors (Lipinski definition) is 5. The van der Waals surface area contributed by atoms with Crippen LogP contribution in [0.3, 0.4) is 0 Å². The van der Waals surface area contributed by atoms with Crippen LogP contribution in [0, 0.1) is 0 Å². The number of ether oxygens (including phenoxy) is 1. The molecular formula is C12H21N3O3. The second-order valence-corrected chi connectivity index (χ2v) is 4.82. The fourth-order valence-electron chi connectivity index (χ4n) is 2.47. The quantitative estimate of drug-likeness (QED) is 0.564. The highest BCUT2D eigenvalue weighted by atomic mass is 16.5. The molecule has 2 fully saturated rings. The van der Waals surface area contributed by atoms with Gasteiger partial charge in [0.1, 0.15) is 0 Å². The minimum Gasteiger partial charge on any atom is -0.411 e. The van der Waals surface area contributed by atoms with Gasteiger partial charge in [0.2, 0.25) is 5.91 Å². The van der Waals surface area contributed by atoms with Crippen LogP contribution in [0.5, 0.6) is 0 Å². The lowest BCUT2D eigenvalue weighted by Gasteiger charge is -2.36. The van der Waals surface area contributed by atoms with Crippen LogP contribution in [0.1, 0.15) is 19.8 Å². The molecule has 1 atom stereocenters. The molecule has 0 spiro atoms. The third-order valence-electron chi connectivity index (χ3n) is 3.74. The summed E-state index contributed by atoms with van der Waals surface area (Å²) < 4.78 is 5.25. The summed E-state index contributed by atoms with van der Waals surface area (Å²) in [6, 6.07) is -0.0941. The van der Waals surface area contributed by atoms with E-state index >= 15 is 0 Å². The first-order valence-corrected chi connectivity index (χ1v) is 6.52. The fraction of sp³-hybridized carbons (Fsp3) is 0.833. The van der Waals surface area contributed by atoms with Crippen LogP contribution < -0.4 is 0 Å². The Labute approximate surface area is 107 Å². The summed E-state index contributed by atoms with van der Waals surface area (Å²) in [6.45, 7) is 6.20. The van der Waals surface area contributed by atoms with Crippen molar-refractivity contribution in [3.8, 4) is 0 Å². The molecule has 0 aromatic heterocycles. The summed E-state index contributed by atoms with van der Waals surface area (Å²) in [5.74, 6) is 0.183. The SMILES string of the molecule is CC(C(=O)N1CCOCC1)N1CCC(=NO)CC1. The highest BCUT2D eigenvalue weighted by Gasteiger charge is 2.29. The van der Waals surface area contributed by atoms with Crippen molar-refractivity contribution in [2.24, 2.45) is 5.16 Å². The molecule has 2 saturated heterocycles. The zero-order chi connectivity index (χ0) is 13.0. The minimum absolute atomic E-state index is 0.0941. The number of amides is 1. The topological polar surface area (TPSA) is 65.4 Å². The van der Waals surface area contributed by atoms with Crippen LogP contribution in [0.4, 0.5) is 0 Å². The molecule has 2 rings (SSSR count). The van der Waals surface area contributed by atoms with Gasteiger partial charge in [0, 0.05) is 39.0 Å². The van der Waals surface area contributed by atoms with Gasteiger partial charge in [-0.15, -0.1) is 0 Å². The maximum atomic E-state index is 12.3. The summed E-state index contributed by atoms with van der Waals surface area (Å²) >= 11 is 0. The number of hydrogen-bond donors (Lipinski definition) is 1. The highest BCUT2D eigenvalue weighted by Crippen LogP contribution is 2.13. The van der Waals surface area contributed by atoms with Gasteiger partial charge in [-0.25, -0.2) is 0 Å². The summed E-state index contributed by atoms with van der Waals surface area (Å²) in [5, 5.41) is 12.0. The molecule has 1 amide bonds. The van der Waals surface area contributed by atoms with E-state index < -0.39 is 0 Å². The number of likely N-dealkylation sites (tertiary alicyclic amines) is 1. The lowest BCUT2D eigenvalue weighted by molar-refractivity contribution is -0.140.